The van der Waals surface area contributed by atoms with E-state index in [-0.39, 0.29) is 49.8 Å². The first-order valence-corrected chi connectivity index (χ1v) is 24.5. The normalized spacial score (nSPS) is 11.7. The van der Waals surface area contributed by atoms with E-state index in [0.29, 0.717) is 57.8 Å². The zero-order valence-corrected chi connectivity index (χ0v) is 44.2. The zero-order valence-electron chi connectivity index (χ0n) is 42.7. The number of hydrogen-bond donors (Lipinski definition) is 3. The fourth-order valence-electron chi connectivity index (χ4n) is 6.76. The Morgan fingerprint density at radius 1 is 0.571 bits per heavy atom. The third kappa shape index (κ3) is 16.2. The minimum absolute atomic E-state index is 0.0318. The second kappa shape index (κ2) is 25.1. The minimum Gasteiger partial charge on any atom is -0.508 e. The molecule has 0 aliphatic carbocycles. The van der Waals surface area contributed by atoms with Gasteiger partial charge in [-0.05, 0) is 96.2 Å². The molecule has 3 N–H and O–H groups in total. The van der Waals surface area contributed by atoms with Gasteiger partial charge >= 0.3 is 0 Å². The topological polar surface area (TPSA) is 187 Å². The lowest BCUT2D eigenvalue weighted by Gasteiger charge is -2.23. The fraction of sp³-hybridized carbons (Fsp3) is 0.444. The molecule has 6 aromatic rings. The van der Waals surface area contributed by atoms with Crippen molar-refractivity contribution in [3.05, 3.63) is 116 Å². The number of phenolic OH excluding ortho intramolecular Hbond substituents is 3. The van der Waals surface area contributed by atoms with Gasteiger partial charge in [-0.15, -0.1) is 25.2 Å². The molecule has 16 heteroatoms. The van der Waals surface area contributed by atoms with E-state index in [1.807, 2.05) is 45.0 Å². The number of nitro groups is 1. The second-order valence-electron chi connectivity index (χ2n) is 19.9. The van der Waals surface area contributed by atoms with Gasteiger partial charge < -0.3 is 29.5 Å². The van der Waals surface area contributed by atoms with Gasteiger partial charge in [-0.25, -0.2) is 0 Å². The average Bonchev–Trinajstić information content (AvgIpc) is 3.70. The number of ether oxygens (including phenoxy) is 3. The number of azo groups is 1. The van der Waals surface area contributed by atoms with Crippen molar-refractivity contribution in [3.63, 3.8) is 0 Å². The number of nitro benzene ring substituents is 1. The number of nitrogens with zero attached hydrogens (tertiary/aromatic N) is 6. The monoisotopic (exact) mass is 1000 g/mol. The quantitative estimate of drug-likeness (QED) is 0.0364. The SMILES string of the molecule is CCCCOc1cc(-n2nc3ccc(Cl)cc3n2)c(O)c(C(C)(C)C)c1.CCCCOc1cc(N=Nc2ccc(Cl)cc2[N+](=O)[O-])c(O)c(C(C)(C)C)c1.CCCCOc1ccc(O)c(C(C)(C)C)c1. The maximum absolute atomic E-state index is 11.2. The van der Waals surface area contributed by atoms with Gasteiger partial charge in [0.2, 0.25) is 0 Å². The highest BCUT2D eigenvalue weighted by Gasteiger charge is 2.25. The summed E-state index contributed by atoms with van der Waals surface area (Å²) in [6, 6.07) is 22.0. The zero-order chi connectivity index (χ0) is 52.0. The van der Waals surface area contributed by atoms with Crippen molar-refractivity contribution in [2.75, 3.05) is 19.8 Å². The standard InChI is InChI=1S/C20H24ClN3O4.C20H24ClN3O2.C14H22O2/c1-5-6-9-28-14-11-15(20(2,3)4)19(25)17(12-14)23-22-16-8-7-13(21)10-18(16)24(26)27;1-5-6-9-26-14-11-15(20(2,3)4)19(25)18(12-14)24-22-16-8-7-13(21)10-17(16)23-24;1-5-6-9-16-11-7-8-13(15)12(10-11)14(2,3)4/h7-8,10-12,25H,5-6,9H2,1-4H3;7-8,10-12,25H,5-6,9H2,1-4H3;7-8,10,15H,5-6,9H2,1-4H3. The summed E-state index contributed by atoms with van der Waals surface area (Å²) in [7, 11) is 0. The largest absolute Gasteiger partial charge is 0.508 e. The smallest absolute Gasteiger partial charge is 0.298 e. The maximum atomic E-state index is 11.2. The molecule has 0 amide bonds. The van der Waals surface area contributed by atoms with Crippen molar-refractivity contribution >= 4 is 51.3 Å². The lowest BCUT2D eigenvalue weighted by molar-refractivity contribution is -0.384. The number of unbranched alkanes of at least 4 members (excludes halogenated alkanes) is 3. The average molecular weight is 1000 g/mol. The predicted molar refractivity (Wildman–Crippen MR) is 281 cm³/mol. The van der Waals surface area contributed by atoms with E-state index in [9.17, 15) is 25.4 Å². The molecule has 0 aliphatic heterocycles. The van der Waals surface area contributed by atoms with Crippen LogP contribution in [0.4, 0.5) is 17.1 Å². The molecule has 14 nitrogen and oxygen atoms in total. The van der Waals surface area contributed by atoms with Crippen LogP contribution in [0.25, 0.3) is 16.7 Å². The van der Waals surface area contributed by atoms with Gasteiger partial charge in [0.25, 0.3) is 5.69 Å². The van der Waals surface area contributed by atoms with Crippen molar-refractivity contribution < 1.29 is 34.5 Å². The number of benzene rings is 5. The van der Waals surface area contributed by atoms with Gasteiger partial charge in [-0.1, -0.05) is 126 Å². The number of halogens is 2. The highest BCUT2D eigenvalue weighted by atomic mass is 35.5. The first-order chi connectivity index (χ1) is 32.9. The lowest BCUT2D eigenvalue weighted by atomic mass is 9.86. The Morgan fingerprint density at radius 2 is 1.04 bits per heavy atom. The maximum Gasteiger partial charge on any atom is 0.298 e. The first-order valence-electron chi connectivity index (χ1n) is 23.7. The van der Waals surface area contributed by atoms with Crippen molar-refractivity contribution in [1.82, 2.24) is 15.0 Å². The highest BCUT2D eigenvalue weighted by Crippen LogP contribution is 2.43. The Bertz CT molecular complexity index is 2720. The molecule has 0 saturated heterocycles. The van der Waals surface area contributed by atoms with E-state index in [1.54, 1.807) is 36.4 Å². The van der Waals surface area contributed by atoms with Crippen molar-refractivity contribution in [2.24, 2.45) is 10.2 Å². The van der Waals surface area contributed by atoms with E-state index in [4.69, 9.17) is 37.4 Å². The van der Waals surface area contributed by atoms with E-state index in [0.717, 1.165) is 62.0 Å². The number of phenols is 3. The highest BCUT2D eigenvalue weighted by molar-refractivity contribution is 6.31. The van der Waals surface area contributed by atoms with Crippen LogP contribution in [-0.4, -0.2) is 55.1 Å². The molecule has 0 radical (unpaired) electrons. The fourth-order valence-corrected chi connectivity index (χ4v) is 7.10. The lowest BCUT2D eigenvalue weighted by Crippen LogP contribution is -2.14. The minimum atomic E-state index is -0.578. The van der Waals surface area contributed by atoms with E-state index in [2.05, 4.69) is 82.7 Å². The molecule has 70 heavy (non-hydrogen) atoms. The van der Waals surface area contributed by atoms with Crippen LogP contribution < -0.4 is 14.2 Å². The molecule has 5 aromatic carbocycles. The summed E-state index contributed by atoms with van der Waals surface area (Å²) in [5.41, 5.74) is 3.56. The van der Waals surface area contributed by atoms with Crippen LogP contribution in [0.5, 0.6) is 34.5 Å². The molecule has 0 unspecified atom stereocenters. The Kier molecular flexibility index (Phi) is 20.3. The van der Waals surface area contributed by atoms with E-state index >= 15 is 0 Å². The second-order valence-corrected chi connectivity index (χ2v) is 20.8. The Hall–Kier alpha value is -6.12. The van der Waals surface area contributed by atoms with E-state index in [1.165, 1.54) is 23.0 Å². The van der Waals surface area contributed by atoms with Gasteiger partial charge in [0.15, 0.2) is 5.69 Å². The summed E-state index contributed by atoms with van der Waals surface area (Å²) in [4.78, 5) is 12.1. The summed E-state index contributed by atoms with van der Waals surface area (Å²) >= 11 is 11.9. The predicted octanol–water partition coefficient (Wildman–Crippen LogP) is 16.0. The van der Waals surface area contributed by atoms with Crippen LogP contribution in [-0.2, 0) is 16.2 Å². The first kappa shape index (κ1) is 56.5. The molecule has 0 fully saturated rings. The Morgan fingerprint density at radius 3 is 1.59 bits per heavy atom. The molecule has 6 rings (SSSR count). The van der Waals surface area contributed by atoms with Gasteiger partial charge in [-0.3, -0.25) is 10.1 Å². The summed E-state index contributed by atoms with van der Waals surface area (Å²) in [6.07, 6.45) is 6.12. The van der Waals surface area contributed by atoms with Crippen LogP contribution in [0.15, 0.2) is 89.1 Å². The summed E-state index contributed by atoms with van der Waals surface area (Å²) in [6.45, 7) is 26.5. The molecule has 0 atom stereocenters. The molecule has 378 valence electrons. The van der Waals surface area contributed by atoms with Crippen LogP contribution in [0.2, 0.25) is 10.0 Å². The molecule has 0 spiro atoms. The number of rotatable bonds is 16. The summed E-state index contributed by atoms with van der Waals surface area (Å²) < 4.78 is 17.3. The number of fused-ring (bicyclic) bond motifs is 1. The summed E-state index contributed by atoms with van der Waals surface area (Å²) in [5, 5.41) is 60.3. The number of hydrogen-bond acceptors (Lipinski definition) is 12. The molecule has 0 bridgehead atoms. The van der Waals surface area contributed by atoms with Crippen molar-refractivity contribution in [2.45, 2.75) is 138 Å². The van der Waals surface area contributed by atoms with Gasteiger partial charge in [-0.2, -0.15) is 0 Å². The van der Waals surface area contributed by atoms with Crippen LogP contribution in [0.3, 0.4) is 0 Å². The molecular weight excluding hydrogens is 932 g/mol. The molecular formula is C54H70Cl2N6O8. The molecule has 1 aromatic heterocycles. The van der Waals surface area contributed by atoms with Crippen molar-refractivity contribution in [3.8, 4) is 40.2 Å². The third-order valence-corrected chi connectivity index (χ3v) is 11.2. The molecule has 0 saturated carbocycles. The molecule has 0 aliphatic rings. The Labute approximate surface area is 422 Å². The van der Waals surface area contributed by atoms with Gasteiger partial charge in [0.05, 0.1) is 24.7 Å². The number of aromatic hydroxyl groups is 3. The third-order valence-electron chi connectivity index (χ3n) is 10.8. The van der Waals surface area contributed by atoms with Crippen LogP contribution in [0.1, 0.15) is 138 Å². The van der Waals surface area contributed by atoms with Crippen molar-refractivity contribution in [1.29, 1.82) is 0 Å². The van der Waals surface area contributed by atoms with Crippen LogP contribution in [0, 0.1) is 10.1 Å². The van der Waals surface area contributed by atoms with Gasteiger partial charge in [0.1, 0.15) is 56.9 Å². The van der Waals surface area contributed by atoms with Crippen LogP contribution >= 0.6 is 23.2 Å². The number of aromatic nitrogens is 3. The Balaban J connectivity index is 0.000000237. The molecule has 1 heterocycles. The van der Waals surface area contributed by atoms with E-state index < -0.39 is 4.92 Å². The van der Waals surface area contributed by atoms with Gasteiger partial charge in [0, 0.05) is 44.9 Å². The summed E-state index contributed by atoms with van der Waals surface area (Å²) in [5.74, 6) is 2.58.